The van der Waals surface area contributed by atoms with Gasteiger partial charge in [-0.1, -0.05) is 44.9 Å². The Hall–Kier alpha value is -1.95. The number of nitrogens with one attached hydrogen (secondary N) is 2. The fraction of sp³-hybridized carbons (Fsp3) is 0.438. The summed E-state index contributed by atoms with van der Waals surface area (Å²) in [5, 5.41) is 5.92. The molecule has 0 saturated heterocycles. The van der Waals surface area contributed by atoms with Gasteiger partial charge in [0.2, 0.25) is 5.91 Å². The molecule has 2 N–H and O–H groups in total. The highest BCUT2D eigenvalue weighted by atomic mass is 16.2. The second-order valence-corrected chi connectivity index (χ2v) is 5.58. The number of terminal acetylenes is 1. The largest absolute Gasteiger partial charge is 0.374 e. The number of amides is 1. The molecule has 0 aliphatic rings. The fourth-order valence-corrected chi connectivity index (χ4v) is 1.85. The molecule has 3 heteroatoms. The molecule has 3 nitrogen and oxygen atoms in total. The number of rotatable bonds is 4. The van der Waals surface area contributed by atoms with E-state index < -0.39 is 0 Å². The predicted molar refractivity (Wildman–Crippen MR) is 80.1 cm³/mol. The van der Waals surface area contributed by atoms with Crippen molar-refractivity contribution in [1.29, 1.82) is 0 Å². The molecule has 0 aliphatic heterocycles. The first-order chi connectivity index (χ1) is 8.86. The summed E-state index contributed by atoms with van der Waals surface area (Å²) in [6.45, 7) is 8.53. The van der Waals surface area contributed by atoms with Crippen LogP contribution in [0.3, 0.4) is 0 Å². The highest BCUT2D eigenvalue weighted by molar-refractivity contribution is 5.84. The van der Waals surface area contributed by atoms with Crippen LogP contribution in [0.5, 0.6) is 0 Å². The Morgan fingerprint density at radius 2 is 2.00 bits per heavy atom. The van der Waals surface area contributed by atoms with Crippen LogP contribution in [-0.2, 0) is 10.2 Å². The van der Waals surface area contributed by atoms with Crippen molar-refractivity contribution in [2.45, 2.75) is 39.2 Å². The highest BCUT2D eigenvalue weighted by Crippen LogP contribution is 2.29. The van der Waals surface area contributed by atoms with Crippen LogP contribution < -0.4 is 10.6 Å². The van der Waals surface area contributed by atoms with Crippen LogP contribution >= 0.6 is 0 Å². The van der Waals surface area contributed by atoms with E-state index in [1.807, 2.05) is 25.1 Å². The van der Waals surface area contributed by atoms with Gasteiger partial charge in [0.1, 0.15) is 6.04 Å². The van der Waals surface area contributed by atoms with Crippen molar-refractivity contribution in [3.05, 3.63) is 29.8 Å². The lowest BCUT2D eigenvalue weighted by molar-refractivity contribution is -0.121. The van der Waals surface area contributed by atoms with Crippen LogP contribution in [-0.4, -0.2) is 18.5 Å². The molecule has 1 amide bonds. The first kappa shape index (κ1) is 15.1. The maximum absolute atomic E-state index is 11.8. The Kier molecular flexibility index (Phi) is 5.00. The summed E-state index contributed by atoms with van der Waals surface area (Å²) < 4.78 is 0. The molecule has 1 rings (SSSR count). The van der Waals surface area contributed by atoms with Gasteiger partial charge in [0, 0.05) is 5.69 Å². The van der Waals surface area contributed by atoms with E-state index >= 15 is 0 Å². The van der Waals surface area contributed by atoms with Gasteiger partial charge in [-0.15, -0.1) is 6.42 Å². The lowest BCUT2D eigenvalue weighted by atomic mass is 9.85. The van der Waals surface area contributed by atoms with Crippen LogP contribution in [0.1, 0.15) is 33.3 Å². The monoisotopic (exact) mass is 258 g/mol. The standard InChI is InChI=1S/C16H22N2O/c1-6-11-17-15(19)12(2)18-14-10-8-7-9-13(14)16(3,4)5/h1,7-10,12,18H,11H2,2-5H3,(H,17,19). The molecule has 1 aromatic rings. The normalized spacial score (nSPS) is 12.4. The van der Waals surface area contributed by atoms with Crippen LogP contribution in [0.2, 0.25) is 0 Å². The number of hydrogen-bond acceptors (Lipinski definition) is 2. The molecular weight excluding hydrogens is 236 g/mol. The molecule has 0 aliphatic carbocycles. The molecule has 1 aromatic carbocycles. The minimum atomic E-state index is -0.322. The molecule has 0 spiro atoms. The number of carbonyl (C=O) groups is 1. The van der Waals surface area contributed by atoms with Gasteiger partial charge in [-0.2, -0.15) is 0 Å². The van der Waals surface area contributed by atoms with Crippen LogP contribution in [0, 0.1) is 12.3 Å². The molecule has 19 heavy (non-hydrogen) atoms. The topological polar surface area (TPSA) is 41.1 Å². The van der Waals surface area contributed by atoms with Crippen molar-refractivity contribution < 1.29 is 4.79 Å². The zero-order valence-corrected chi connectivity index (χ0v) is 12.1. The van der Waals surface area contributed by atoms with E-state index in [2.05, 4.69) is 43.4 Å². The average molecular weight is 258 g/mol. The third kappa shape index (κ3) is 4.33. The van der Waals surface area contributed by atoms with Gasteiger partial charge >= 0.3 is 0 Å². The molecule has 0 aromatic heterocycles. The van der Waals surface area contributed by atoms with Gasteiger partial charge in [0.25, 0.3) is 0 Å². The summed E-state index contributed by atoms with van der Waals surface area (Å²) in [4.78, 5) is 11.8. The second-order valence-electron chi connectivity index (χ2n) is 5.58. The molecular formula is C16H22N2O. The zero-order chi connectivity index (χ0) is 14.5. The lowest BCUT2D eigenvalue weighted by Crippen LogP contribution is -2.38. The quantitative estimate of drug-likeness (QED) is 0.815. The van der Waals surface area contributed by atoms with Crippen molar-refractivity contribution >= 4 is 11.6 Å². The first-order valence-electron chi connectivity index (χ1n) is 6.43. The fourth-order valence-electron chi connectivity index (χ4n) is 1.85. The minimum Gasteiger partial charge on any atom is -0.374 e. The summed E-state index contributed by atoms with van der Waals surface area (Å²) >= 11 is 0. The van der Waals surface area contributed by atoms with Gasteiger partial charge in [0.15, 0.2) is 0 Å². The Morgan fingerprint density at radius 3 is 2.58 bits per heavy atom. The molecule has 0 bridgehead atoms. The molecule has 0 heterocycles. The number of carbonyl (C=O) groups excluding carboxylic acids is 1. The van der Waals surface area contributed by atoms with E-state index in [1.54, 1.807) is 0 Å². The van der Waals surface area contributed by atoms with E-state index in [0.29, 0.717) is 0 Å². The Morgan fingerprint density at radius 1 is 1.37 bits per heavy atom. The van der Waals surface area contributed by atoms with Gasteiger partial charge in [-0.25, -0.2) is 0 Å². The van der Waals surface area contributed by atoms with Gasteiger partial charge in [-0.05, 0) is 24.0 Å². The summed E-state index contributed by atoms with van der Waals surface area (Å²) in [6, 6.07) is 7.72. The SMILES string of the molecule is C#CCNC(=O)C(C)Nc1ccccc1C(C)(C)C. The maximum atomic E-state index is 11.8. The Bertz CT molecular complexity index is 480. The third-order valence-electron chi connectivity index (χ3n) is 2.87. The second kappa shape index (κ2) is 6.29. The number of para-hydroxylation sites is 1. The van der Waals surface area contributed by atoms with Gasteiger partial charge in [-0.3, -0.25) is 4.79 Å². The zero-order valence-electron chi connectivity index (χ0n) is 12.1. The van der Waals surface area contributed by atoms with Crippen molar-refractivity contribution in [2.75, 3.05) is 11.9 Å². The van der Waals surface area contributed by atoms with Crippen molar-refractivity contribution in [3.63, 3.8) is 0 Å². The van der Waals surface area contributed by atoms with E-state index in [-0.39, 0.29) is 23.9 Å². The van der Waals surface area contributed by atoms with E-state index in [0.717, 1.165) is 5.69 Å². The highest BCUT2D eigenvalue weighted by Gasteiger charge is 2.19. The van der Waals surface area contributed by atoms with Crippen LogP contribution in [0.4, 0.5) is 5.69 Å². The lowest BCUT2D eigenvalue weighted by Gasteiger charge is -2.25. The predicted octanol–water partition coefficient (Wildman–Crippen LogP) is 2.53. The summed E-state index contributed by atoms with van der Waals surface area (Å²) in [6.07, 6.45) is 5.13. The Labute approximate surface area is 115 Å². The number of benzene rings is 1. The summed E-state index contributed by atoms with van der Waals surface area (Å²) in [5.41, 5.74) is 2.20. The first-order valence-corrected chi connectivity index (χ1v) is 6.43. The molecule has 1 unspecified atom stereocenters. The van der Waals surface area contributed by atoms with Gasteiger partial charge in [0.05, 0.1) is 6.54 Å². The molecule has 0 fully saturated rings. The summed E-state index contributed by atoms with van der Waals surface area (Å²) in [7, 11) is 0. The number of hydrogen-bond donors (Lipinski definition) is 2. The third-order valence-corrected chi connectivity index (χ3v) is 2.87. The van der Waals surface area contributed by atoms with Crippen molar-refractivity contribution in [2.24, 2.45) is 0 Å². The summed E-state index contributed by atoms with van der Waals surface area (Å²) in [5.74, 6) is 2.30. The van der Waals surface area contributed by atoms with Crippen molar-refractivity contribution in [1.82, 2.24) is 5.32 Å². The Balaban J connectivity index is 2.83. The van der Waals surface area contributed by atoms with E-state index in [1.165, 1.54) is 5.56 Å². The van der Waals surface area contributed by atoms with Crippen LogP contribution in [0.15, 0.2) is 24.3 Å². The molecule has 102 valence electrons. The smallest absolute Gasteiger partial charge is 0.242 e. The van der Waals surface area contributed by atoms with Gasteiger partial charge < -0.3 is 10.6 Å². The number of anilines is 1. The molecule has 1 atom stereocenters. The molecule has 0 radical (unpaired) electrons. The average Bonchev–Trinajstić information content (AvgIpc) is 2.35. The van der Waals surface area contributed by atoms with Crippen molar-refractivity contribution in [3.8, 4) is 12.3 Å². The minimum absolute atomic E-state index is 0.0264. The molecule has 0 saturated carbocycles. The van der Waals surface area contributed by atoms with E-state index in [4.69, 9.17) is 6.42 Å². The van der Waals surface area contributed by atoms with Crippen LogP contribution in [0.25, 0.3) is 0 Å². The van der Waals surface area contributed by atoms with E-state index in [9.17, 15) is 4.79 Å². The maximum Gasteiger partial charge on any atom is 0.242 e.